The van der Waals surface area contributed by atoms with Crippen LogP contribution in [0.5, 0.6) is 0 Å². The first kappa shape index (κ1) is 23.3. The molecule has 0 radical (unpaired) electrons. The van der Waals surface area contributed by atoms with E-state index in [1.165, 1.54) is 11.3 Å². The Morgan fingerprint density at radius 1 is 1.20 bits per heavy atom. The zero-order valence-corrected chi connectivity index (χ0v) is 20.8. The molecule has 4 aromatic rings. The molecule has 178 valence electrons. The van der Waals surface area contributed by atoms with Crippen molar-refractivity contribution in [1.29, 1.82) is 5.26 Å². The SMILES string of the molecule is CC(c1cnc[nH]1)N1C[C@@H](Cc2ccccc2)N(S(=O)(=O)c2cccs2)Cc2cc(C#N)ccc21. The van der Waals surface area contributed by atoms with Crippen molar-refractivity contribution in [2.75, 3.05) is 11.4 Å². The van der Waals surface area contributed by atoms with Crippen molar-refractivity contribution in [2.45, 2.75) is 36.2 Å². The fourth-order valence-corrected chi connectivity index (χ4v) is 7.38. The summed E-state index contributed by atoms with van der Waals surface area (Å²) in [7, 11) is -3.75. The van der Waals surface area contributed by atoms with Crippen LogP contribution in [0.25, 0.3) is 0 Å². The average Bonchev–Trinajstić information content (AvgIpc) is 3.58. The second-order valence-corrected chi connectivity index (χ2v) is 11.7. The van der Waals surface area contributed by atoms with Gasteiger partial charge in [0.05, 0.1) is 35.9 Å². The highest BCUT2D eigenvalue weighted by atomic mass is 32.2. The third-order valence-corrected chi connectivity index (χ3v) is 9.74. The fourth-order valence-electron chi connectivity index (χ4n) is 4.66. The van der Waals surface area contributed by atoms with E-state index in [9.17, 15) is 13.7 Å². The number of sulfonamides is 1. The van der Waals surface area contributed by atoms with E-state index in [0.717, 1.165) is 22.5 Å². The summed E-state index contributed by atoms with van der Waals surface area (Å²) in [4.78, 5) is 9.61. The number of thiophene rings is 1. The number of nitrogens with one attached hydrogen (secondary N) is 1. The second-order valence-electron chi connectivity index (χ2n) is 8.62. The van der Waals surface area contributed by atoms with Gasteiger partial charge in [0.1, 0.15) is 4.21 Å². The van der Waals surface area contributed by atoms with Gasteiger partial charge in [0.2, 0.25) is 0 Å². The van der Waals surface area contributed by atoms with E-state index in [-0.39, 0.29) is 18.6 Å². The van der Waals surface area contributed by atoms with Crippen molar-refractivity contribution in [3.8, 4) is 6.07 Å². The van der Waals surface area contributed by atoms with Crippen molar-refractivity contribution in [2.24, 2.45) is 0 Å². The number of fused-ring (bicyclic) bond motifs is 1. The molecule has 0 bridgehead atoms. The van der Waals surface area contributed by atoms with Crippen molar-refractivity contribution >= 4 is 27.0 Å². The monoisotopic (exact) mass is 503 g/mol. The number of benzene rings is 2. The Morgan fingerprint density at radius 3 is 2.71 bits per heavy atom. The minimum atomic E-state index is -3.75. The zero-order chi connectivity index (χ0) is 24.4. The Kier molecular flexibility index (Phi) is 6.43. The molecule has 0 fully saturated rings. The highest BCUT2D eigenvalue weighted by Crippen LogP contribution is 2.37. The summed E-state index contributed by atoms with van der Waals surface area (Å²) in [6, 6.07) is 20.7. The topological polar surface area (TPSA) is 93.1 Å². The molecule has 9 heteroatoms. The van der Waals surface area contributed by atoms with Gasteiger partial charge in [0, 0.05) is 24.8 Å². The molecule has 2 atom stereocenters. The van der Waals surface area contributed by atoms with Crippen LogP contribution in [0, 0.1) is 11.3 Å². The molecular weight excluding hydrogens is 478 g/mol. The molecule has 0 saturated heterocycles. The standard InChI is InChI=1S/C26H25N5O2S2/c1-19(24-15-28-18-29-24)30-17-23(13-20-6-3-2-4-7-20)31(35(32,33)26-8-5-11-34-26)16-22-12-21(14-27)9-10-25(22)30/h2-12,15,18-19,23H,13,16-17H2,1H3,(H,28,29)/t19?,23-/m1/s1. The van der Waals surface area contributed by atoms with Crippen LogP contribution in [-0.4, -0.2) is 35.3 Å². The highest BCUT2D eigenvalue weighted by Gasteiger charge is 2.38. The molecule has 7 nitrogen and oxygen atoms in total. The minimum Gasteiger partial charge on any atom is -0.361 e. The van der Waals surface area contributed by atoms with Gasteiger partial charge in [-0.05, 0) is 54.1 Å². The Balaban J connectivity index is 1.65. The molecule has 0 amide bonds. The number of imidazole rings is 1. The number of H-pyrrole nitrogens is 1. The van der Waals surface area contributed by atoms with E-state index in [4.69, 9.17) is 0 Å². The van der Waals surface area contributed by atoms with E-state index >= 15 is 0 Å². The molecule has 1 unspecified atom stereocenters. The lowest BCUT2D eigenvalue weighted by atomic mass is 10.0. The van der Waals surface area contributed by atoms with Gasteiger partial charge in [-0.25, -0.2) is 13.4 Å². The number of aromatic amines is 1. The van der Waals surface area contributed by atoms with Crippen LogP contribution < -0.4 is 4.90 Å². The Labute approximate surface area is 209 Å². The summed E-state index contributed by atoms with van der Waals surface area (Å²) in [6.45, 7) is 2.76. The van der Waals surface area contributed by atoms with Crippen LogP contribution >= 0.6 is 11.3 Å². The number of hydrogen-bond donors (Lipinski definition) is 1. The minimum absolute atomic E-state index is 0.0770. The highest BCUT2D eigenvalue weighted by molar-refractivity contribution is 7.91. The van der Waals surface area contributed by atoms with Crippen LogP contribution in [0.1, 0.15) is 35.3 Å². The number of hydrogen-bond acceptors (Lipinski definition) is 6. The van der Waals surface area contributed by atoms with Gasteiger partial charge in [-0.15, -0.1) is 11.3 Å². The summed E-state index contributed by atoms with van der Waals surface area (Å²) < 4.78 is 29.8. The number of nitriles is 1. The van der Waals surface area contributed by atoms with E-state index in [1.807, 2.05) is 42.5 Å². The molecule has 0 saturated carbocycles. The Bertz CT molecular complexity index is 1430. The summed E-state index contributed by atoms with van der Waals surface area (Å²) in [5, 5.41) is 11.3. The molecular formula is C26H25N5O2S2. The van der Waals surface area contributed by atoms with Gasteiger partial charge < -0.3 is 9.88 Å². The number of rotatable bonds is 6. The summed E-state index contributed by atoms with van der Waals surface area (Å²) in [5.41, 5.74) is 4.25. The van der Waals surface area contributed by atoms with Crippen LogP contribution in [0.3, 0.4) is 0 Å². The molecule has 0 spiro atoms. The average molecular weight is 504 g/mol. The first-order chi connectivity index (χ1) is 17.0. The fraction of sp³-hybridized carbons (Fsp3) is 0.231. The van der Waals surface area contributed by atoms with Crippen molar-refractivity contribution in [3.63, 3.8) is 0 Å². The smallest absolute Gasteiger partial charge is 0.253 e. The van der Waals surface area contributed by atoms with Gasteiger partial charge in [-0.2, -0.15) is 9.57 Å². The normalized spacial score (nSPS) is 17.4. The lowest BCUT2D eigenvalue weighted by Crippen LogP contribution is -2.46. The third kappa shape index (κ3) is 4.60. The van der Waals surface area contributed by atoms with Crippen molar-refractivity contribution in [3.05, 3.63) is 101 Å². The Morgan fingerprint density at radius 2 is 2.03 bits per heavy atom. The predicted molar refractivity (Wildman–Crippen MR) is 136 cm³/mol. The quantitative estimate of drug-likeness (QED) is 0.411. The third-order valence-electron chi connectivity index (χ3n) is 6.47. The summed E-state index contributed by atoms with van der Waals surface area (Å²) in [5.74, 6) is 0. The van der Waals surface area contributed by atoms with E-state index in [1.54, 1.807) is 40.4 Å². The maximum atomic E-state index is 13.9. The number of nitrogens with zero attached hydrogens (tertiary/aromatic N) is 4. The number of aromatic nitrogens is 2. The molecule has 3 heterocycles. The largest absolute Gasteiger partial charge is 0.361 e. The number of anilines is 1. The molecule has 1 N–H and O–H groups in total. The first-order valence-electron chi connectivity index (χ1n) is 11.3. The molecule has 2 aromatic heterocycles. The van der Waals surface area contributed by atoms with Crippen LogP contribution in [0.2, 0.25) is 0 Å². The van der Waals surface area contributed by atoms with Gasteiger partial charge in [0.15, 0.2) is 0 Å². The summed E-state index contributed by atoms with van der Waals surface area (Å²) >= 11 is 1.22. The molecule has 1 aliphatic rings. The molecule has 1 aliphatic heterocycles. The summed E-state index contributed by atoms with van der Waals surface area (Å²) in [6.07, 6.45) is 4.01. The predicted octanol–water partition coefficient (Wildman–Crippen LogP) is 4.73. The molecule has 2 aromatic carbocycles. The second kappa shape index (κ2) is 9.66. The van der Waals surface area contributed by atoms with Gasteiger partial charge >= 0.3 is 0 Å². The van der Waals surface area contributed by atoms with Crippen LogP contribution in [0.15, 0.2) is 82.8 Å². The van der Waals surface area contributed by atoms with Gasteiger partial charge in [-0.1, -0.05) is 36.4 Å². The lowest BCUT2D eigenvalue weighted by molar-refractivity contribution is 0.315. The van der Waals surface area contributed by atoms with Gasteiger partial charge in [-0.3, -0.25) is 0 Å². The van der Waals surface area contributed by atoms with E-state index < -0.39 is 10.0 Å². The van der Waals surface area contributed by atoms with Gasteiger partial charge in [0.25, 0.3) is 10.0 Å². The zero-order valence-electron chi connectivity index (χ0n) is 19.2. The molecule has 35 heavy (non-hydrogen) atoms. The molecule has 0 aliphatic carbocycles. The van der Waals surface area contributed by atoms with Crippen LogP contribution in [-0.2, 0) is 23.0 Å². The van der Waals surface area contributed by atoms with Crippen molar-refractivity contribution in [1.82, 2.24) is 14.3 Å². The maximum absolute atomic E-state index is 13.9. The van der Waals surface area contributed by atoms with E-state index in [2.05, 4.69) is 27.9 Å². The first-order valence-corrected chi connectivity index (χ1v) is 13.7. The van der Waals surface area contributed by atoms with E-state index in [0.29, 0.717) is 22.7 Å². The van der Waals surface area contributed by atoms with Crippen LogP contribution in [0.4, 0.5) is 5.69 Å². The molecule has 5 rings (SSSR count). The Hall–Kier alpha value is -3.45. The lowest BCUT2D eigenvalue weighted by Gasteiger charge is -2.35. The van der Waals surface area contributed by atoms with Crippen molar-refractivity contribution < 1.29 is 8.42 Å². The maximum Gasteiger partial charge on any atom is 0.253 e.